The van der Waals surface area contributed by atoms with Crippen LogP contribution in [-0.4, -0.2) is 31.8 Å². The minimum atomic E-state index is -3.47. The number of sulfonamides is 1. The number of ether oxygens (including phenoxy) is 2. The Morgan fingerprint density at radius 3 is 2.44 bits per heavy atom. The molecule has 0 aliphatic rings. The first-order chi connectivity index (χ1) is 15.2. The van der Waals surface area contributed by atoms with Crippen molar-refractivity contribution < 1.29 is 17.9 Å². The van der Waals surface area contributed by atoms with Gasteiger partial charge in [0.05, 0.1) is 24.4 Å². The van der Waals surface area contributed by atoms with Crippen LogP contribution in [0.25, 0.3) is 22.2 Å². The highest BCUT2D eigenvalue weighted by atomic mass is 32.2. The number of nitrogens with zero attached hydrogens (tertiary/aromatic N) is 1. The number of para-hydroxylation sites is 2. The number of hydrogen-bond acceptors (Lipinski definition) is 6. The molecule has 0 radical (unpaired) electrons. The van der Waals surface area contributed by atoms with E-state index in [4.69, 9.17) is 9.47 Å². The third-order valence-corrected chi connectivity index (χ3v) is 5.35. The number of hydrogen-bond donors (Lipinski definition) is 2. The van der Waals surface area contributed by atoms with E-state index in [2.05, 4.69) is 14.7 Å². The first-order valence-corrected chi connectivity index (χ1v) is 11.6. The zero-order chi connectivity index (χ0) is 22.9. The second-order valence-electron chi connectivity index (χ2n) is 7.22. The Balaban J connectivity index is 1.87. The minimum Gasteiger partial charge on any atom is -0.493 e. The number of H-pyrrole nitrogens is 1. The number of aryl methyl sites for hydroxylation is 1. The highest BCUT2D eigenvalue weighted by Gasteiger charge is 2.14. The first kappa shape index (κ1) is 21.4. The van der Waals surface area contributed by atoms with Gasteiger partial charge in [-0.1, -0.05) is 18.2 Å². The number of fused-ring (bicyclic) bond motifs is 1. The maximum absolute atomic E-state index is 11.9. The molecule has 4 rings (SSSR count). The fourth-order valence-electron chi connectivity index (χ4n) is 3.29. The molecule has 164 valence electrons. The van der Waals surface area contributed by atoms with Gasteiger partial charge in [-0.15, -0.1) is 0 Å². The number of anilines is 1. The molecule has 1 heterocycles. The van der Waals surface area contributed by atoms with Crippen molar-refractivity contribution >= 4 is 26.7 Å². The zero-order valence-corrected chi connectivity index (χ0v) is 18.5. The van der Waals surface area contributed by atoms with Gasteiger partial charge in [-0.2, -0.15) is 0 Å². The lowest BCUT2D eigenvalue weighted by molar-refractivity contribution is 0.379. The van der Waals surface area contributed by atoms with Crippen LogP contribution in [0.15, 0.2) is 65.5 Å². The average Bonchev–Trinajstić information content (AvgIpc) is 2.74. The second-order valence-corrected chi connectivity index (χ2v) is 8.97. The van der Waals surface area contributed by atoms with Gasteiger partial charge < -0.3 is 14.5 Å². The quantitative estimate of drug-likeness (QED) is 0.457. The van der Waals surface area contributed by atoms with Crippen molar-refractivity contribution in [2.24, 2.45) is 0 Å². The molecule has 0 saturated heterocycles. The lowest BCUT2D eigenvalue weighted by Gasteiger charge is -2.16. The van der Waals surface area contributed by atoms with Gasteiger partial charge in [-0.25, -0.2) is 13.4 Å². The standard InChI is InChI=1S/C23H21N3O5S/c1-14-23(27)25-18-10-8-15(12-19(18)24-14)17-13-16(26-32(3,28)29)9-11-20(17)31-22-7-5-4-6-21(22)30-2/h4-13,26H,1-3H3,(H,25,27). The molecule has 0 saturated carbocycles. The molecule has 3 aromatic carbocycles. The molecule has 0 amide bonds. The van der Waals surface area contributed by atoms with Gasteiger partial charge in [-0.3, -0.25) is 9.52 Å². The van der Waals surface area contributed by atoms with E-state index in [0.29, 0.717) is 45.2 Å². The van der Waals surface area contributed by atoms with Crippen molar-refractivity contribution in [2.45, 2.75) is 6.92 Å². The minimum absolute atomic E-state index is 0.246. The molecule has 8 nitrogen and oxygen atoms in total. The second kappa shape index (κ2) is 8.35. The topological polar surface area (TPSA) is 110 Å². The maximum atomic E-state index is 11.9. The molecule has 0 atom stereocenters. The number of nitrogens with one attached hydrogen (secondary N) is 2. The molecule has 0 bridgehead atoms. The lowest BCUT2D eigenvalue weighted by atomic mass is 10.0. The first-order valence-electron chi connectivity index (χ1n) is 9.67. The number of aromatic amines is 1. The Morgan fingerprint density at radius 2 is 1.72 bits per heavy atom. The molecule has 32 heavy (non-hydrogen) atoms. The predicted molar refractivity (Wildman–Crippen MR) is 124 cm³/mol. The van der Waals surface area contributed by atoms with Crippen LogP contribution < -0.4 is 19.8 Å². The summed E-state index contributed by atoms with van der Waals surface area (Å²) in [4.78, 5) is 19.0. The van der Waals surface area contributed by atoms with Crippen LogP contribution in [0.3, 0.4) is 0 Å². The average molecular weight is 452 g/mol. The molecule has 4 aromatic rings. The number of rotatable bonds is 6. The van der Waals surface area contributed by atoms with Crippen molar-refractivity contribution in [3.63, 3.8) is 0 Å². The highest BCUT2D eigenvalue weighted by Crippen LogP contribution is 2.39. The fraction of sp³-hybridized carbons (Fsp3) is 0.130. The van der Waals surface area contributed by atoms with Gasteiger partial charge in [0.15, 0.2) is 11.5 Å². The van der Waals surface area contributed by atoms with Crippen molar-refractivity contribution in [1.82, 2.24) is 9.97 Å². The van der Waals surface area contributed by atoms with Crippen LogP contribution in [0.4, 0.5) is 5.69 Å². The zero-order valence-electron chi connectivity index (χ0n) is 17.7. The molecular weight excluding hydrogens is 430 g/mol. The summed E-state index contributed by atoms with van der Waals surface area (Å²) in [5.74, 6) is 1.57. The van der Waals surface area contributed by atoms with Crippen LogP contribution in [0, 0.1) is 6.92 Å². The summed E-state index contributed by atoms with van der Waals surface area (Å²) in [6, 6.07) is 17.6. The molecule has 2 N–H and O–H groups in total. The Morgan fingerprint density at radius 1 is 0.969 bits per heavy atom. The van der Waals surface area contributed by atoms with E-state index in [0.717, 1.165) is 11.8 Å². The Kier molecular flexibility index (Phi) is 5.58. The third-order valence-electron chi connectivity index (χ3n) is 4.75. The number of aromatic nitrogens is 2. The van der Waals surface area contributed by atoms with E-state index in [1.54, 1.807) is 50.4 Å². The highest BCUT2D eigenvalue weighted by molar-refractivity contribution is 7.92. The third kappa shape index (κ3) is 4.57. The van der Waals surface area contributed by atoms with Gasteiger partial charge in [0.2, 0.25) is 10.0 Å². The smallest absolute Gasteiger partial charge is 0.269 e. The Bertz CT molecular complexity index is 1480. The Labute approximate surface area is 184 Å². The summed E-state index contributed by atoms with van der Waals surface area (Å²) < 4.78 is 37.5. The van der Waals surface area contributed by atoms with Gasteiger partial charge in [0.25, 0.3) is 5.56 Å². The summed E-state index contributed by atoms with van der Waals surface area (Å²) in [6.45, 7) is 1.64. The molecule has 9 heteroatoms. The number of methoxy groups -OCH3 is 1. The summed E-state index contributed by atoms with van der Waals surface area (Å²) in [7, 11) is -1.91. The Hall–Kier alpha value is -3.85. The van der Waals surface area contributed by atoms with E-state index in [1.165, 1.54) is 0 Å². The maximum Gasteiger partial charge on any atom is 0.269 e. The summed E-state index contributed by atoms with van der Waals surface area (Å²) in [5.41, 5.74) is 3.07. The monoisotopic (exact) mass is 451 g/mol. The van der Waals surface area contributed by atoms with Crippen molar-refractivity contribution in [3.05, 3.63) is 76.7 Å². The molecule has 0 spiro atoms. The van der Waals surface area contributed by atoms with E-state index in [-0.39, 0.29) is 5.56 Å². The van der Waals surface area contributed by atoms with Crippen molar-refractivity contribution in [2.75, 3.05) is 18.1 Å². The lowest BCUT2D eigenvalue weighted by Crippen LogP contribution is -2.11. The van der Waals surface area contributed by atoms with Crippen molar-refractivity contribution in [3.8, 4) is 28.4 Å². The van der Waals surface area contributed by atoms with Gasteiger partial charge in [-0.05, 0) is 55.0 Å². The normalized spacial score (nSPS) is 11.3. The van der Waals surface area contributed by atoms with Crippen LogP contribution in [0.5, 0.6) is 17.2 Å². The fourth-order valence-corrected chi connectivity index (χ4v) is 3.84. The van der Waals surface area contributed by atoms with Gasteiger partial charge in [0.1, 0.15) is 11.4 Å². The molecular formula is C23H21N3O5S. The summed E-state index contributed by atoms with van der Waals surface area (Å²) >= 11 is 0. The van der Waals surface area contributed by atoms with E-state index in [9.17, 15) is 13.2 Å². The van der Waals surface area contributed by atoms with Crippen molar-refractivity contribution in [1.29, 1.82) is 0 Å². The van der Waals surface area contributed by atoms with Crippen LogP contribution in [0.1, 0.15) is 5.69 Å². The van der Waals surface area contributed by atoms with Crippen LogP contribution in [-0.2, 0) is 10.0 Å². The molecule has 1 aromatic heterocycles. The molecule has 0 unspecified atom stereocenters. The van der Waals surface area contributed by atoms with Crippen LogP contribution >= 0.6 is 0 Å². The van der Waals surface area contributed by atoms with Crippen LogP contribution in [0.2, 0.25) is 0 Å². The SMILES string of the molecule is COc1ccccc1Oc1ccc(NS(C)(=O)=O)cc1-c1ccc2[nH]c(=O)c(C)nc2c1. The number of benzene rings is 3. The van der Waals surface area contributed by atoms with Gasteiger partial charge in [0, 0.05) is 11.3 Å². The largest absolute Gasteiger partial charge is 0.493 e. The predicted octanol–water partition coefficient (Wildman–Crippen LogP) is 4.07. The van der Waals surface area contributed by atoms with E-state index in [1.807, 2.05) is 24.3 Å². The molecule has 0 aliphatic carbocycles. The van der Waals surface area contributed by atoms with E-state index >= 15 is 0 Å². The van der Waals surface area contributed by atoms with E-state index < -0.39 is 10.0 Å². The summed E-state index contributed by atoms with van der Waals surface area (Å²) in [5, 5.41) is 0. The summed E-state index contributed by atoms with van der Waals surface area (Å²) in [6.07, 6.45) is 1.09. The van der Waals surface area contributed by atoms with Gasteiger partial charge >= 0.3 is 0 Å². The molecule has 0 aliphatic heterocycles. The molecule has 0 fully saturated rings.